The van der Waals surface area contributed by atoms with Crippen LogP contribution < -0.4 is 15.8 Å². The van der Waals surface area contributed by atoms with Crippen molar-refractivity contribution < 1.29 is 23.8 Å². The zero-order valence-corrected chi connectivity index (χ0v) is 19.2. The van der Waals surface area contributed by atoms with Crippen LogP contribution in [-0.4, -0.2) is 59.5 Å². The lowest BCUT2D eigenvalue weighted by Crippen LogP contribution is -2.59. The molecule has 2 aliphatic rings. The Morgan fingerprint density at radius 2 is 2.15 bits per heavy atom. The molecule has 2 aromatic rings. The van der Waals surface area contributed by atoms with Gasteiger partial charge in [-0.25, -0.2) is 4.39 Å². The van der Waals surface area contributed by atoms with Crippen LogP contribution in [0.25, 0.3) is 0 Å². The Labute approximate surface area is 199 Å². The average Bonchev–Trinajstić information content (AvgIpc) is 3.18. The molecule has 1 saturated heterocycles. The maximum atomic E-state index is 14.2. The number of amides is 2. The highest BCUT2D eigenvalue weighted by Crippen LogP contribution is 2.36. The summed E-state index contributed by atoms with van der Waals surface area (Å²) < 4.78 is 20.7. The highest BCUT2D eigenvalue weighted by atomic mass is 35.5. The normalized spacial score (nSPS) is 21.1. The second kappa shape index (κ2) is 9.00. The Morgan fingerprint density at radius 1 is 1.41 bits per heavy atom. The molecule has 9 nitrogen and oxygen atoms in total. The molecule has 0 spiro atoms. The van der Waals surface area contributed by atoms with Crippen molar-refractivity contribution in [1.82, 2.24) is 14.9 Å². The Morgan fingerprint density at radius 3 is 2.82 bits per heavy atom. The summed E-state index contributed by atoms with van der Waals surface area (Å²) >= 11 is 5.77. The first kappa shape index (κ1) is 23.6. The molecule has 0 bridgehead atoms. The maximum absolute atomic E-state index is 14.2. The summed E-state index contributed by atoms with van der Waals surface area (Å²) in [6.45, 7) is 0.0913. The van der Waals surface area contributed by atoms with Crippen molar-refractivity contribution in [2.45, 2.75) is 25.2 Å². The van der Waals surface area contributed by atoms with Crippen LogP contribution in [0.5, 0.6) is 5.75 Å². The van der Waals surface area contributed by atoms with Gasteiger partial charge in [-0.05, 0) is 12.5 Å². The summed E-state index contributed by atoms with van der Waals surface area (Å²) in [4.78, 5) is 40.1. The lowest BCUT2D eigenvalue weighted by Gasteiger charge is -2.42. The maximum Gasteiger partial charge on any atom is 0.277 e. The highest BCUT2D eigenvalue weighted by molar-refractivity contribution is 6.30. The molecule has 2 N–H and O–H groups in total. The molecule has 34 heavy (non-hydrogen) atoms. The predicted octanol–water partition coefficient (Wildman–Crippen LogP) is 1.29. The van der Waals surface area contributed by atoms with E-state index in [4.69, 9.17) is 22.8 Å². The molecule has 1 aromatic heterocycles. The molecule has 1 fully saturated rings. The fourth-order valence-corrected chi connectivity index (χ4v) is 4.69. The zero-order chi connectivity index (χ0) is 24.7. The fraction of sp³-hybridized carbons (Fsp3) is 0.348. The van der Waals surface area contributed by atoms with Gasteiger partial charge in [0.2, 0.25) is 5.43 Å². The van der Waals surface area contributed by atoms with E-state index in [-0.39, 0.29) is 28.7 Å². The minimum Gasteiger partial charge on any atom is -0.502 e. The van der Waals surface area contributed by atoms with Crippen LogP contribution in [0.2, 0.25) is 5.02 Å². The molecular formula is C23H22ClFN4O5. The standard InChI is InChI=1S/C23H22ClFN4O5/c1-4-16-13(11-34-3)8-17-27(2)23(33)19-21(31)20(30)14(10-28(19)29(16)17)22(32)26-9-12-6-5-7-15(24)18(12)25/h1,5-7,10,13,16-17,31H,8-9,11H2,2-3H3,(H,26,32)/t13-,16+,17+/m1/s1. The number of carbonyl (C=O) groups is 2. The van der Waals surface area contributed by atoms with E-state index in [0.29, 0.717) is 13.0 Å². The molecule has 0 unspecified atom stereocenters. The summed E-state index contributed by atoms with van der Waals surface area (Å²) in [6.07, 6.45) is 6.99. The van der Waals surface area contributed by atoms with E-state index in [9.17, 15) is 23.9 Å². The van der Waals surface area contributed by atoms with Gasteiger partial charge in [0, 0.05) is 38.4 Å². The average molecular weight is 489 g/mol. The predicted molar refractivity (Wildman–Crippen MR) is 122 cm³/mol. The first-order valence-electron chi connectivity index (χ1n) is 10.4. The van der Waals surface area contributed by atoms with Crippen LogP contribution in [0, 0.1) is 24.1 Å². The van der Waals surface area contributed by atoms with E-state index in [1.807, 2.05) is 0 Å². The molecule has 2 amide bonds. The van der Waals surface area contributed by atoms with Crippen LogP contribution in [0.15, 0.2) is 29.2 Å². The molecule has 2 aliphatic heterocycles. The Kier molecular flexibility index (Phi) is 6.25. The number of terminal acetylenes is 1. The quantitative estimate of drug-likeness (QED) is 0.615. The molecule has 0 aliphatic carbocycles. The number of rotatable bonds is 5. The number of aromatic nitrogens is 1. The topological polar surface area (TPSA) is 104 Å². The molecule has 3 atom stereocenters. The molecule has 4 rings (SSSR count). The largest absolute Gasteiger partial charge is 0.502 e. The summed E-state index contributed by atoms with van der Waals surface area (Å²) in [6, 6.07) is 3.81. The van der Waals surface area contributed by atoms with Gasteiger partial charge in [-0.15, -0.1) is 6.42 Å². The summed E-state index contributed by atoms with van der Waals surface area (Å²) in [5.41, 5.74) is -1.62. The number of pyridine rings is 1. The van der Waals surface area contributed by atoms with Gasteiger partial charge in [0.25, 0.3) is 11.8 Å². The van der Waals surface area contributed by atoms with Crippen molar-refractivity contribution in [3.8, 4) is 18.1 Å². The van der Waals surface area contributed by atoms with E-state index in [0.717, 1.165) is 0 Å². The second-order valence-electron chi connectivity index (χ2n) is 8.15. The molecule has 3 heterocycles. The number of carbonyl (C=O) groups excluding carboxylic acids is 2. The number of ether oxygens (including phenoxy) is 1. The van der Waals surface area contributed by atoms with Gasteiger partial charge in [0.15, 0.2) is 11.4 Å². The number of nitrogens with one attached hydrogen (secondary N) is 1. The van der Waals surface area contributed by atoms with Gasteiger partial charge < -0.3 is 20.1 Å². The first-order chi connectivity index (χ1) is 16.2. The highest BCUT2D eigenvalue weighted by Gasteiger charge is 2.49. The number of fused-ring (bicyclic) bond motifs is 3. The Hall–Kier alpha value is -3.55. The van der Waals surface area contributed by atoms with Crippen molar-refractivity contribution in [3.05, 3.63) is 62.3 Å². The van der Waals surface area contributed by atoms with Crippen molar-refractivity contribution >= 4 is 23.4 Å². The monoisotopic (exact) mass is 488 g/mol. The van der Waals surface area contributed by atoms with E-state index in [2.05, 4.69) is 11.2 Å². The number of aromatic hydroxyl groups is 1. The minimum atomic E-state index is -1.03. The fourth-order valence-electron chi connectivity index (χ4n) is 4.50. The van der Waals surface area contributed by atoms with Crippen LogP contribution in [0.3, 0.4) is 0 Å². The molecule has 11 heteroatoms. The molecule has 178 valence electrons. The van der Waals surface area contributed by atoms with E-state index >= 15 is 0 Å². The van der Waals surface area contributed by atoms with Crippen molar-refractivity contribution in [2.24, 2.45) is 5.92 Å². The van der Waals surface area contributed by atoms with E-state index in [1.54, 1.807) is 19.2 Å². The number of nitrogens with zero attached hydrogens (tertiary/aromatic N) is 3. The number of hydrogen-bond donors (Lipinski definition) is 2. The third-order valence-corrected chi connectivity index (χ3v) is 6.49. The Bertz CT molecular complexity index is 1270. The lowest BCUT2D eigenvalue weighted by atomic mass is 10.0. The van der Waals surface area contributed by atoms with Crippen LogP contribution in [0.4, 0.5) is 4.39 Å². The first-order valence-corrected chi connectivity index (χ1v) is 10.8. The van der Waals surface area contributed by atoms with Crippen molar-refractivity contribution in [1.29, 1.82) is 0 Å². The van der Waals surface area contributed by atoms with Crippen LogP contribution in [0.1, 0.15) is 32.8 Å². The summed E-state index contributed by atoms with van der Waals surface area (Å²) in [7, 11) is 3.10. The van der Waals surface area contributed by atoms with Gasteiger partial charge >= 0.3 is 0 Å². The van der Waals surface area contributed by atoms with E-state index < -0.39 is 46.6 Å². The summed E-state index contributed by atoms with van der Waals surface area (Å²) in [5, 5.41) is 14.7. The van der Waals surface area contributed by atoms with Gasteiger partial charge in [-0.1, -0.05) is 29.7 Å². The van der Waals surface area contributed by atoms with Crippen LogP contribution in [-0.2, 0) is 11.3 Å². The van der Waals surface area contributed by atoms with Crippen molar-refractivity contribution in [2.75, 3.05) is 25.8 Å². The number of halogens is 2. The van der Waals surface area contributed by atoms with Gasteiger partial charge in [0.1, 0.15) is 23.6 Å². The smallest absolute Gasteiger partial charge is 0.277 e. The summed E-state index contributed by atoms with van der Waals surface area (Å²) in [5.74, 6) is -0.453. The third-order valence-electron chi connectivity index (χ3n) is 6.20. The second-order valence-corrected chi connectivity index (χ2v) is 8.56. The lowest BCUT2D eigenvalue weighted by molar-refractivity contribution is 0.0646. The Balaban J connectivity index is 1.74. The van der Waals surface area contributed by atoms with Gasteiger partial charge in [-0.2, -0.15) is 0 Å². The zero-order valence-electron chi connectivity index (χ0n) is 18.4. The minimum absolute atomic E-state index is 0.105. The van der Waals surface area contributed by atoms with Crippen LogP contribution >= 0.6 is 11.6 Å². The molecule has 1 aromatic carbocycles. The number of benzene rings is 1. The van der Waals surface area contributed by atoms with Crippen molar-refractivity contribution in [3.63, 3.8) is 0 Å². The molecule has 0 saturated carbocycles. The molecule has 0 radical (unpaired) electrons. The van der Waals surface area contributed by atoms with Gasteiger partial charge in [-0.3, -0.25) is 24.1 Å². The van der Waals surface area contributed by atoms with Gasteiger partial charge in [0.05, 0.1) is 11.6 Å². The third kappa shape index (κ3) is 3.67. The SMILES string of the molecule is C#C[C@H]1[C@@H](COC)C[C@H]2N(C)C(=O)c3c(O)c(=O)c(C(=O)NCc4cccc(Cl)c4F)cn3N12. The number of methoxy groups -OCH3 is 1. The number of hydrogen-bond acceptors (Lipinski definition) is 6. The van der Waals surface area contributed by atoms with E-state index in [1.165, 1.54) is 34.0 Å². The molecular weight excluding hydrogens is 467 g/mol.